The number of rotatable bonds is 2. The zero-order chi connectivity index (χ0) is 10.8. The van der Waals surface area contributed by atoms with Gasteiger partial charge in [-0.15, -0.1) is 0 Å². The van der Waals surface area contributed by atoms with Gasteiger partial charge in [0.15, 0.2) is 0 Å². The number of aromatic nitrogens is 2. The highest BCUT2D eigenvalue weighted by Gasteiger charge is 2.25. The van der Waals surface area contributed by atoms with E-state index in [0.717, 1.165) is 13.1 Å². The molecule has 5 nitrogen and oxygen atoms in total. The Hall–Kier alpha value is -1.36. The van der Waals surface area contributed by atoms with E-state index in [4.69, 9.17) is 0 Å². The van der Waals surface area contributed by atoms with E-state index in [1.165, 1.54) is 0 Å². The first-order valence-electron chi connectivity index (χ1n) is 5.18. The van der Waals surface area contributed by atoms with Crippen molar-refractivity contribution in [2.75, 3.05) is 13.1 Å². The van der Waals surface area contributed by atoms with Gasteiger partial charge in [-0.2, -0.15) is 5.10 Å². The van der Waals surface area contributed by atoms with E-state index in [2.05, 4.69) is 22.7 Å². The minimum absolute atomic E-state index is 0.0869. The molecule has 1 aromatic rings. The predicted octanol–water partition coefficient (Wildman–Crippen LogP) is -0.242. The molecule has 0 spiro atoms. The molecule has 2 rings (SSSR count). The second kappa shape index (κ2) is 4.02. The van der Waals surface area contributed by atoms with Crippen molar-refractivity contribution in [3.05, 3.63) is 18.0 Å². The summed E-state index contributed by atoms with van der Waals surface area (Å²) < 4.78 is 1.63. The molecule has 2 atom stereocenters. The lowest BCUT2D eigenvalue weighted by Crippen LogP contribution is -2.39. The van der Waals surface area contributed by atoms with Gasteiger partial charge >= 0.3 is 0 Å². The highest BCUT2D eigenvalue weighted by molar-refractivity contribution is 5.92. The fraction of sp³-hybridized carbons (Fsp3) is 0.600. The quantitative estimate of drug-likeness (QED) is 0.705. The van der Waals surface area contributed by atoms with Crippen molar-refractivity contribution < 1.29 is 4.79 Å². The van der Waals surface area contributed by atoms with Crippen LogP contribution in [-0.2, 0) is 7.05 Å². The normalized spacial score (nSPS) is 25.5. The second-order valence-corrected chi connectivity index (χ2v) is 4.09. The molecule has 0 saturated carbocycles. The predicted molar refractivity (Wildman–Crippen MR) is 56.5 cm³/mol. The van der Waals surface area contributed by atoms with Crippen LogP contribution in [0.5, 0.6) is 0 Å². The number of amides is 1. The molecule has 1 aliphatic rings. The highest BCUT2D eigenvalue weighted by atomic mass is 16.2. The number of nitrogens with one attached hydrogen (secondary N) is 2. The van der Waals surface area contributed by atoms with Gasteiger partial charge in [0.2, 0.25) is 0 Å². The SMILES string of the molecule is CC1CNCC1NC(=O)c1ccn(C)n1. The number of carbonyl (C=O) groups excluding carboxylic acids is 1. The van der Waals surface area contributed by atoms with Crippen molar-refractivity contribution in [2.45, 2.75) is 13.0 Å². The van der Waals surface area contributed by atoms with Gasteiger partial charge in [-0.1, -0.05) is 6.92 Å². The van der Waals surface area contributed by atoms with Crippen LogP contribution in [0.4, 0.5) is 0 Å². The number of carbonyl (C=O) groups is 1. The molecule has 5 heteroatoms. The van der Waals surface area contributed by atoms with Crippen LogP contribution in [0.15, 0.2) is 12.3 Å². The molecule has 1 saturated heterocycles. The summed E-state index contributed by atoms with van der Waals surface area (Å²) in [6.45, 7) is 3.94. The maximum absolute atomic E-state index is 11.7. The van der Waals surface area contributed by atoms with Crippen molar-refractivity contribution in [3.8, 4) is 0 Å². The van der Waals surface area contributed by atoms with Gasteiger partial charge in [0, 0.05) is 25.8 Å². The van der Waals surface area contributed by atoms with Crippen LogP contribution in [0.3, 0.4) is 0 Å². The summed E-state index contributed by atoms with van der Waals surface area (Å²) >= 11 is 0. The van der Waals surface area contributed by atoms with E-state index in [0.29, 0.717) is 11.6 Å². The maximum atomic E-state index is 11.7. The summed E-state index contributed by atoms with van der Waals surface area (Å²) in [5.74, 6) is 0.397. The summed E-state index contributed by atoms with van der Waals surface area (Å²) in [6, 6.07) is 1.95. The molecular weight excluding hydrogens is 192 g/mol. The Labute approximate surface area is 88.8 Å². The van der Waals surface area contributed by atoms with Crippen molar-refractivity contribution in [1.29, 1.82) is 0 Å². The lowest BCUT2D eigenvalue weighted by atomic mass is 10.1. The topological polar surface area (TPSA) is 58.9 Å². The highest BCUT2D eigenvalue weighted by Crippen LogP contribution is 2.08. The molecule has 2 heterocycles. The van der Waals surface area contributed by atoms with Crippen molar-refractivity contribution in [2.24, 2.45) is 13.0 Å². The molecule has 1 amide bonds. The summed E-state index contributed by atoms with van der Waals surface area (Å²) in [5.41, 5.74) is 0.483. The Balaban J connectivity index is 1.97. The van der Waals surface area contributed by atoms with E-state index >= 15 is 0 Å². The van der Waals surface area contributed by atoms with Crippen LogP contribution in [-0.4, -0.2) is 34.8 Å². The Morgan fingerprint density at radius 3 is 3.00 bits per heavy atom. The molecule has 1 aliphatic heterocycles. The van der Waals surface area contributed by atoms with E-state index < -0.39 is 0 Å². The van der Waals surface area contributed by atoms with Crippen molar-refractivity contribution >= 4 is 5.91 Å². The van der Waals surface area contributed by atoms with Crippen LogP contribution < -0.4 is 10.6 Å². The van der Waals surface area contributed by atoms with Gasteiger partial charge < -0.3 is 10.6 Å². The lowest BCUT2D eigenvalue weighted by molar-refractivity contribution is 0.0927. The van der Waals surface area contributed by atoms with Crippen LogP contribution in [0.1, 0.15) is 17.4 Å². The monoisotopic (exact) mass is 208 g/mol. The van der Waals surface area contributed by atoms with Crippen LogP contribution in [0.2, 0.25) is 0 Å². The van der Waals surface area contributed by atoms with Gasteiger partial charge in [-0.25, -0.2) is 0 Å². The fourth-order valence-corrected chi connectivity index (χ4v) is 1.78. The van der Waals surface area contributed by atoms with Crippen LogP contribution >= 0.6 is 0 Å². The molecule has 0 aliphatic carbocycles. The maximum Gasteiger partial charge on any atom is 0.272 e. The minimum Gasteiger partial charge on any atom is -0.346 e. The van der Waals surface area contributed by atoms with Gasteiger partial charge in [0.05, 0.1) is 0 Å². The van der Waals surface area contributed by atoms with Crippen molar-refractivity contribution in [3.63, 3.8) is 0 Å². The smallest absolute Gasteiger partial charge is 0.272 e. The average Bonchev–Trinajstić information content (AvgIpc) is 2.77. The van der Waals surface area contributed by atoms with Crippen LogP contribution in [0.25, 0.3) is 0 Å². The molecule has 2 unspecified atom stereocenters. The third-order valence-electron chi connectivity index (χ3n) is 2.78. The van der Waals surface area contributed by atoms with E-state index in [1.807, 2.05) is 0 Å². The summed E-state index contributed by atoms with van der Waals surface area (Å²) in [7, 11) is 1.80. The zero-order valence-corrected chi connectivity index (χ0v) is 9.03. The lowest BCUT2D eigenvalue weighted by Gasteiger charge is -2.14. The fourth-order valence-electron chi connectivity index (χ4n) is 1.78. The Kier molecular flexibility index (Phi) is 2.73. The summed E-state index contributed by atoms with van der Waals surface area (Å²) in [4.78, 5) is 11.7. The Bertz CT molecular complexity index is 360. The molecule has 2 N–H and O–H groups in total. The summed E-state index contributed by atoms with van der Waals surface area (Å²) in [6.07, 6.45) is 1.77. The molecule has 82 valence electrons. The van der Waals surface area contributed by atoms with E-state index in [-0.39, 0.29) is 11.9 Å². The molecule has 15 heavy (non-hydrogen) atoms. The molecule has 0 aromatic carbocycles. The Morgan fingerprint density at radius 2 is 2.47 bits per heavy atom. The zero-order valence-electron chi connectivity index (χ0n) is 9.03. The first kappa shape index (κ1) is 10.2. The molecule has 1 fully saturated rings. The number of hydrogen-bond acceptors (Lipinski definition) is 3. The summed E-state index contributed by atoms with van der Waals surface area (Å²) in [5, 5.41) is 10.3. The first-order chi connectivity index (χ1) is 7.16. The third kappa shape index (κ3) is 2.18. The van der Waals surface area contributed by atoms with Gasteiger partial charge in [0.25, 0.3) is 5.91 Å². The third-order valence-corrected chi connectivity index (χ3v) is 2.78. The largest absolute Gasteiger partial charge is 0.346 e. The van der Waals surface area contributed by atoms with Crippen molar-refractivity contribution in [1.82, 2.24) is 20.4 Å². The van der Waals surface area contributed by atoms with Gasteiger partial charge in [0.1, 0.15) is 5.69 Å². The van der Waals surface area contributed by atoms with Gasteiger partial charge in [-0.05, 0) is 18.5 Å². The second-order valence-electron chi connectivity index (χ2n) is 4.09. The molecule has 0 radical (unpaired) electrons. The number of nitrogens with zero attached hydrogens (tertiary/aromatic N) is 2. The minimum atomic E-state index is -0.0869. The van der Waals surface area contributed by atoms with E-state index in [1.54, 1.807) is 24.0 Å². The average molecular weight is 208 g/mol. The molecular formula is C10H16N4O. The standard InChI is InChI=1S/C10H16N4O/c1-7-5-11-6-9(7)12-10(15)8-3-4-14(2)13-8/h3-4,7,9,11H,5-6H2,1-2H3,(H,12,15). The molecule has 0 bridgehead atoms. The van der Waals surface area contributed by atoms with Crippen LogP contribution in [0, 0.1) is 5.92 Å². The Morgan fingerprint density at radius 1 is 1.67 bits per heavy atom. The van der Waals surface area contributed by atoms with E-state index in [9.17, 15) is 4.79 Å². The number of aryl methyl sites for hydroxylation is 1. The number of hydrogen-bond donors (Lipinski definition) is 2. The first-order valence-corrected chi connectivity index (χ1v) is 5.18. The van der Waals surface area contributed by atoms with Gasteiger partial charge in [-0.3, -0.25) is 9.48 Å². The molecule has 1 aromatic heterocycles.